The van der Waals surface area contributed by atoms with Crippen LogP contribution in [0.4, 0.5) is 23.0 Å². The third-order valence-corrected chi connectivity index (χ3v) is 10.4. The molecule has 3 aromatic heterocycles. The number of anilines is 4. The molecule has 3 saturated heterocycles. The fourth-order valence-electron chi connectivity index (χ4n) is 7.57. The maximum Gasteiger partial charge on any atom is 0.262 e. The molecule has 4 aliphatic rings. The molecule has 7 heterocycles. The fraction of sp³-hybridized carbons (Fsp3) is 0.378. The maximum atomic E-state index is 13.3. The van der Waals surface area contributed by atoms with Gasteiger partial charge in [0, 0.05) is 75.5 Å². The third-order valence-electron chi connectivity index (χ3n) is 10.4. The smallest absolute Gasteiger partial charge is 0.262 e. The summed E-state index contributed by atoms with van der Waals surface area (Å²) in [5, 5.41) is 5.59. The first-order chi connectivity index (χ1) is 24.4. The first-order valence-electron chi connectivity index (χ1n) is 17.4. The average Bonchev–Trinajstić information content (AvgIpc) is 3.39. The van der Waals surface area contributed by atoms with E-state index in [2.05, 4.69) is 52.4 Å². The minimum absolute atomic E-state index is 0.105. The van der Waals surface area contributed by atoms with Crippen LogP contribution < -0.4 is 20.4 Å². The summed E-state index contributed by atoms with van der Waals surface area (Å²) in [5.74, 6) is 0.281. The molecule has 256 valence electrons. The molecule has 4 amide bonds. The van der Waals surface area contributed by atoms with Crippen molar-refractivity contribution in [2.75, 3.05) is 60.9 Å². The summed E-state index contributed by atoms with van der Waals surface area (Å²) in [7, 11) is 0. The van der Waals surface area contributed by atoms with Gasteiger partial charge in [-0.1, -0.05) is 0 Å². The van der Waals surface area contributed by atoms with Crippen LogP contribution in [0.2, 0.25) is 0 Å². The number of aromatic nitrogens is 3. The van der Waals surface area contributed by atoms with Gasteiger partial charge in [0.1, 0.15) is 17.7 Å². The van der Waals surface area contributed by atoms with Crippen molar-refractivity contribution in [2.24, 2.45) is 5.92 Å². The van der Waals surface area contributed by atoms with Crippen molar-refractivity contribution in [3.8, 4) is 0 Å². The molecule has 1 atom stereocenters. The van der Waals surface area contributed by atoms with Gasteiger partial charge in [-0.15, -0.1) is 0 Å². The molecular weight excluding hydrogens is 634 g/mol. The number of carbonyl (C=O) groups is 4. The number of rotatable bonds is 8. The van der Waals surface area contributed by atoms with Crippen LogP contribution >= 0.6 is 0 Å². The lowest BCUT2D eigenvalue weighted by Crippen LogP contribution is -2.54. The van der Waals surface area contributed by atoms with Gasteiger partial charge < -0.3 is 15.1 Å². The quantitative estimate of drug-likeness (QED) is 0.265. The lowest BCUT2D eigenvalue weighted by Gasteiger charge is -2.38. The Morgan fingerprint density at radius 1 is 0.720 bits per heavy atom. The molecule has 0 spiro atoms. The minimum atomic E-state index is -0.956. The van der Waals surface area contributed by atoms with Gasteiger partial charge in [0.25, 0.3) is 11.8 Å². The molecule has 13 nitrogen and oxygen atoms in total. The topological polar surface area (TPSA) is 144 Å². The molecular formula is C37H39N9O4. The molecule has 4 aromatic rings. The molecule has 1 unspecified atom stereocenters. The number of benzene rings is 1. The number of imide groups is 2. The van der Waals surface area contributed by atoms with Crippen molar-refractivity contribution >= 4 is 57.7 Å². The van der Waals surface area contributed by atoms with Gasteiger partial charge in [-0.05, 0) is 86.7 Å². The van der Waals surface area contributed by atoms with Crippen LogP contribution in [0, 0.1) is 5.92 Å². The first kappa shape index (κ1) is 31.8. The molecule has 0 saturated carbocycles. The van der Waals surface area contributed by atoms with Crippen molar-refractivity contribution in [3.63, 3.8) is 0 Å². The van der Waals surface area contributed by atoms with Crippen LogP contribution in [0.1, 0.15) is 52.8 Å². The van der Waals surface area contributed by atoms with E-state index < -0.39 is 23.8 Å². The largest absolute Gasteiger partial charge is 0.371 e. The highest BCUT2D eigenvalue weighted by atomic mass is 16.2. The first-order valence-corrected chi connectivity index (χ1v) is 17.4. The lowest BCUT2D eigenvalue weighted by atomic mass is 9.93. The number of amides is 4. The molecule has 13 heteroatoms. The van der Waals surface area contributed by atoms with E-state index in [-0.39, 0.29) is 18.7 Å². The fourth-order valence-corrected chi connectivity index (χ4v) is 7.57. The second kappa shape index (κ2) is 13.5. The number of hydrogen-bond donors (Lipinski definition) is 2. The third kappa shape index (κ3) is 6.36. The second-order valence-corrected chi connectivity index (χ2v) is 13.5. The van der Waals surface area contributed by atoms with E-state index in [1.807, 2.05) is 36.5 Å². The predicted molar refractivity (Wildman–Crippen MR) is 188 cm³/mol. The van der Waals surface area contributed by atoms with Crippen molar-refractivity contribution in [1.82, 2.24) is 30.1 Å². The van der Waals surface area contributed by atoms with E-state index in [9.17, 15) is 19.2 Å². The highest BCUT2D eigenvalue weighted by Gasteiger charge is 2.44. The van der Waals surface area contributed by atoms with E-state index in [4.69, 9.17) is 0 Å². The summed E-state index contributed by atoms with van der Waals surface area (Å²) in [4.78, 5) is 72.1. The highest BCUT2D eigenvalue weighted by Crippen LogP contribution is 2.32. The Morgan fingerprint density at radius 3 is 2.32 bits per heavy atom. The van der Waals surface area contributed by atoms with Crippen molar-refractivity contribution < 1.29 is 19.2 Å². The Hall–Kier alpha value is -5.43. The number of hydrogen-bond acceptors (Lipinski definition) is 11. The summed E-state index contributed by atoms with van der Waals surface area (Å²) in [6.07, 6.45) is 7.35. The number of fused-ring (bicyclic) bond motifs is 2. The molecule has 8 rings (SSSR count). The summed E-state index contributed by atoms with van der Waals surface area (Å²) in [6.45, 7) is 6.63. The van der Waals surface area contributed by atoms with Crippen LogP contribution in [-0.4, -0.2) is 100 Å². The number of carbonyl (C=O) groups excluding carboxylic acids is 4. The van der Waals surface area contributed by atoms with E-state index in [0.29, 0.717) is 17.0 Å². The molecule has 2 N–H and O–H groups in total. The normalized spacial score (nSPS) is 20.4. The number of nitrogens with one attached hydrogen (secondary N) is 2. The molecule has 1 aromatic carbocycles. The molecule has 0 radical (unpaired) electrons. The molecule has 0 aliphatic carbocycles. The van der Waals surface area contributed by atoms with Crippen molar-refractivity contribution in [1.29, 1.82) is 0 Å². The zero-order valence-corrected chi connectivity index (χ0v) is 27.8. The molecule has 3 fully saturated rings. The SMILES string of the molecule is O=C1CCC(N2C(=O)c3ccc(N4CCN(CCC5CCN(c6ccnc(Nc7ccc8ncccc8n7)c6)CC5)CC4)cc3C2=O)C(=O)N1. The van der Waals surface area contributed by atoms with E-state index in [1.54, 1.807) is 18.3 Å². The highest BCUT2D eigenvalue weighted by molar-refractivity contribution is 6.23. The van der Waals surface area contributed by atoms with E-state index >= 15 is 0 Å². The zero-order valence-electron chi connectivity index (χ0n) is 27.8. The molecule has 4 aliphatic heterocycles. The van der Waals surface area contributed by atoms with Crippen LogP contribution in [0.15, 0.2) is 67.0 Å². The van der Waals surface area contributed by atoms with Gasteiger partial charge in [-0.2, -0.15) is 0 Å². The summed E-state index contributed by atoms with van der Waals surface area (Å²) >= 11 is 0. The van der Waals surface area contributed by atoms with Crippen molar-refractivity contribution in [3.05, 3.63) is 78.1 Å². The Bertz CT molecular complexity index is 1970. The average molecular weight is 674 g/mol. The van der Waals surface area contributed by atoms with E-state index in [0.717, 1.165) is 91.9 Å². The lowest BCUT2D eigenvalue weighted by molar-refractivity contribution is -0.136. The van der Waals surface area contributed by atoms with Crippen LogP contribution in [0.3, 0.4) is 0 Å². The summed E-state index contributed by atoms with van der Waals surface area (Å²) in [5.41, 5.74) is 4.41. The van der Waals surface area contributed by atoms with Gasteiger partial charge >= 0.3 is 0 Å². The van der Waals surface area contributed by atoms with Gasteiger partial charge in [-0.3, -0.25) is 39.3 Å². The molecule has 0 bridgehead atoms. The van der Waals surface area contributed by atoms with Gasteiger partial charge in [0.15, 0.2) is 0 Å². The van der Waals surface area contributed by atoms with Crippen LogP contribution in [0.25, 0.3) is 11.0 Å². The minimum Gasteiger partial charge on any atom is -0.371 e. The van der Waals surface area contributed by atoms with Gasteiger partial charge in [0.2, 0.25) is 11.8 Å². The number of pyridine rings is 3. The Balaban J connectivity index is 0.800. The van der Waals surface area contributed by atoms with Crippen LogP contribution in [0.5, 0.6) is 0 Å². The van der Waals surface area contributed by atoms with Crippen molar-refractivity contribution in [2.45, 2.75) is 38.1 Å². The summed E-state index contributed by atoms with van der Waals surface area (Å²) < 4.78 is 0. The number of piperidine rings is 2. The zero-order chi connectivity index (χ0) is 34.2. The van der Waals surface area contributed by atoms with E-state index in [1.165, 1.54) is 12.1 Å². The Labute approximate surface area is 289 Å². The van der Waals surface area contributed by atoms with Crippen LogP contribution in [-0.2, 0) is 9.59 Å². The number of piperazine rings is 1. The second-order valence-electron chi connectivity index (χ2n) is 13.5. The monoisotopic (exact) mass is 673 g/mol. The Morgan fingerprint density at radius 2 is 1.50 bits per heavy atom. The van der Waals surface area contributed by atoms with Gasteiger partial charge in [-0.25, -0.2) is 9.97 Å². The maximum absolute atomic E-state index is 13.3. The molecule has 50 heavy (non-hydrogen) atoms. The standard InChI is InChI=1S/C37H39N9O4/c47-34-8-6-31(35(48)42-34)46-36(49)27-4-3-25(22-28(27)37(46)50)45-20-18-43(19-21-45)15-10-24-11-16-44(17-12-24)26-9-14-39-33(23-26)41-32-7-5-29-30(40-32)2-1-13-38-29/h1-5,7,9,13-14,22-24,31H,6,8,10-12,15-21H2,(H,39,40,41)(H,42,47,48). The predicted octanol–water partition coefficient (Wildman–Crippen LogP) is 3.60. The summed E-state index contributed by atoms with van der Waals surface area (Å²) in [6, 6.07) is 16.3. The Kier molecular flexibility index (Phi) is 8.57. The van der Waals surface area contributed by atoms with Gasteiger partial charge in [0.05, 0.1) is 22.2 Å². The number of nitrogens with zero attached hydrogens (tertiary/aromatic N) is 7.